The van der Waals surface area contributed by atoms with Gasteiger partial charge in [-0.25, -0.2) is 17.9 Å². The Bertz CT molecular complexity index is 726. The standard InChI is InChI=1S/C10H11FN4O3S/c1-15-9(13-14-10(15)19(12,16)17)8-6(11)4-3-5-7(8)18-2/h3-5H,1-2H3,(H2,12,16,17). The third-order valence-electron chi connectivity index (χ3n) is 2.51. The van der Waals surface area contributed by atoms with Gasteiger partial charge in [0.05, 0.1) is 12.7 Å². The number of hydrogen-bond donors (Lipinski definition) is 1. The molecule has 0 radical (unpaired) electrons. The second kappa shape index (κ2) is 4.59. The maximum Gasteiger partial charge on any atom is 0.273 e. The van der Waals surface area contributed by atoms with E-state index in [4.69, 9.17) is 9.88 Å². The number of primary sulfonamides is 1. The van der Waals surface area contributed by atoms with Gasteiger partial charge in [0.1, 0.15) is 11.6 Å². The van der Waals surface area contributed by atoms with E-state index < -0.39 is 21.0 Å². The molecule has 102 valence electrons. The topological polar surface area (TPSA) is 100 Å². The van der Waals surface area contributed by atoms with Crippen LogP contribution in [0.1, 0.15) is 0 Å². The lowest BCUT2D eigenvalue weighted by Gasteiger charge is -2.08. The van der Waals surface area contributed by atoms with Crippen molar-refractivity contribution >= 4 is 10.0 Å². The van der Waals surface area contributed by atoms with Crippen molar-refractivity contribution in [2.75, 3.05) is 7.11 Å². The van der Waals surface area contributed by atoms with E-state index in [1.165, 1.54) is 32.4 Å². The number of rotatable bonds is 3. The molecule has 1 aromatic carbocycles. The molecule has 0 aliphatic carbocycles. The van der Waals surface area contributed by atoms with Crippen molar-refractivity contribution in [2.45, 2.75) is 5.16 Å². The molecule has 0 fully saturated rings. The summed E-state index contributed by atoms with van der Waals surface area (Å²) >= 11 is 0. The molecule has 0 saturated carbocycles. The highest BCUT2D eigenvalue weighted by molar-refractivity contribution is 7.89. The maximum absolute atomic E-state index is 13.9. The first-order valence-corrected chi connectivity index (χ1v) is 6.66. The van der Waals surface area contributed by atoms with Gasteiger partial charge in [0.2, 0.25) is 0 Å². The molecule has 2 rings (SSSR count). The molecule has 0 saturated heterocycles. The van der Waals surface area contributed by atoms with Gasteiger partial charge in [-0.1, -0.05) is 6.07 Å². The van der Waals surface area contributed by atoms with Gasteiger partial charge in [-0.05, 0) is 12.1 Å². The third-order valence-corrected chi connectivity index (χ3v) is 3.37. The summed E-state index contributed by atoms with van der Waals surface area (Å²) in [5.41, 5.74) is 0.0231. The molecule has 0 amide bonds. The monoisotopic (exact) mass is 286 g/mol. The lowest BCUT2D eigenvalue weighted by molar-refractivity contribution is 0.412. The number of methoxy groups -OCH3 is 1. The van der Waals surface area contributed by atoms with Crippen LogP contribution in [0.4, 0.5) is 4.39 Å². The Morgan fingerprint density at radius 3 is 2.58 bits per heavy atom. The first-order chi connectivity index (χ1) is 8.86. The van der Waals surface area contributed by atoms with E-state index in [2.05, 4.69) is 10.2 Å². The molecule has 0 aliphatic rings. The van der Waals surface area contributed by atoms with Crippen molar-refractivity contribution in [1.82, 2.24) is 14.8 Å². The van der Waals surface area contributed by atoms with Gasteiger partial charge >= 0.3 is 0 Å². The molecule has 19 heavy (non-hydrogen) atoms. The Balaban J connectivity index is 2.71. The van der Waals surface area contributed by atoms with Gasteiger partial charge in [0.25, 0.3) is 15.2 Å². The average molecular weight is 286 g/mol. The number of sulfonamides is 1. The largest absolute Gasteiger partial charge is 0.496 e. The minimum Gasteiger partial charge on any atom is -0.496 e. The van der Waals surface area contributed by atoms with Crippen molar-refractivity contribution in [3.63, 3.8) is 0 Å². The first kappa shape index (κ1) is 13.4. The van der Waals surface area contributed by atoms with Crippen LogP contribution in [0.25, 0.3) is 11.4 Å². The SMILES string of the molecule is COc1cccc(F)c1-c1nnc(S(N)(=O)=O)n1C. The van der Waals surface area contributed by atoms with Crippen LogP contribution in [0.15, 0.2) is 23.4 Å². The minimum absolute atomic E-state index is 0.0129. The number of ether oxygens (including phenoxy) is 1. The van der Waals surface area contributed by atoms with E-state index in [1.54, 1.807) is 0 Å². The number of hydrogen-bond acceptors (Lipinski definition) is 5. The van der Waals surface area contributed by atoms with Gasteiger partial charge in [-0.15, -0.1) is 10.2 Å². The predicted octanol–water partition coefficient (Wildman–Crippen LogP) is 0.277. The predicted molar refractivity (Wildman–Crippen MR) is 64.3 cm³/mol. The van der Waals surface area contributed by atoms with Crippen LogP contribution < -0.4 is 9.88 Å². The van der Waals surface area contributed by atoms with E-state index in [0.717, 1.165) is 4.57 Å². The molecule has 9 heteroatoms. The summed E-state index contributed by atoms with van der Waals surface area (Å²) in [6, 6.07) is 4.21. The number of nitrogens with two attached hydrogens (primary N) is 1. The smallest absolute Gasteiger partial charge is 0.273 e. The van der Waals surface area contributed by atoms with Gasteiger partial charge in [0, 0.05) is 7.05 Å². The maximum atomic E-state index is 13.9. The van der Waals surface area contributed by atoms with Crippen LogP contribution in [-0.4, -0.2) is 30.3 Å². The Hall–Kier alpha value is -2.00. The second-order valence-corrected chi connectivity index (χ2v) is 5.18. The summed E-state index contributed by atoms with van der Waals surface area (Å²) in [7, 11) is -1.28. The van der Waals surface area contributed by atoms with E-state index in [1.807, 2.05) is 0 Å². The molecule has 2 aromatic rings. The molecule has 7 nitrogen and oxygen atoms in total. The number of aromatic nitrogens is 3. The normalized spacial score (nSPS) is 11.6. The lowest BCUT2D eigenvalue weighted by atomic mass is 10.1. The Kier molecular flexibility index (Phi) is 3.25. The summed E-state index contributed by atoms with van der Waals surface area (Å²) in [6.07, 6.45) is 0. The second-order valence-electron chi connectivity index (χ2n) is 3.73. The van der Waals surface area contributed by atoms with Crippen molar-refractivity contribution in [2.24, 2.45) is 12.2 Å². The van der Waals surface area contributed by atoms with Crippen molar-refractivity contribution in [3.8, 4) is 17.1 Å². The zero-order valence-electron chi connectivity index (χ0n) is 10.2. The van der Waals surface area contributed by atoms with Gasteiger partial charge in [0.15, 0.2) is 5.82 Å². The molecular weight excluding hydrogens is 275 g/mol. The summed E-state index contributed by atoms with van der Waals surface area (Å²) in [5, 5.41) is 11.6. The molecular formula is C10H11FN4O3S. The van der Waals surface area contributed by atoms with Gasteiger partial charge in [-0.2, -0.15) is 0 Å². The van der Waals surface area contributed by atoms with Crippen molar-refractivity contribution < 1.29 is 17.5 Å². The highest BCUT2D eigenvalue weighted by Crippen LogP contribution is 2.31. The number of halogens is 1. The molecule has 1 heterocycles. The van der Waals surface area contributed by atoms with E-state index in [9.17, 15) is 12.8 Å². The van der Waals surface area contributed by atoms with Crippen LogP contribution in [0.2, 0.25) is 0 Å². The Morgan fingerprint density at radius 1 is 1.37 bits per heavy atom. The van der Waals surface area contributed by atoms with Crippen molar-refractivity contribution in [3.05, 3.63) is 24.0 Å². The van der Waals surface area contributed by atoms with E-state index >= 15 is 0 Å². The van der Waals surface area contributed by atoms with Gasteiger partial charge < -0.3 is 4.74 Å². The fourth-order valence-corrected chi connectivity index (χ4v) is 2.29. The van der Waals surface area contributed by atoms with Crippen LogP contribution >= 0.6 is 0 Å². The average Bonchev–Trinajstić information content (AvgIpc) is 2.70. The highest BCUT2D eigenvalue weighted by Gasteiger charge is 2.23. The summed E-state index contributed by atoms with van der Waals surface area (Å²) < 4.78 is 42.5. The highest BCUT2D eigenvalue weighted by atomic mass is 32.2. The zero-order chi connectivity index (χ0) is 14.2. The molecule has 2 N–H and O–H groups in total. The molecule has 0 bridgehead atoms. The number of nitrogens with zero attached hydrogens (tertiary/aromatic N) is 3. The molecule has 0 unspecified atom stereocenters. The number of benzene rings is 1. The van der Waals surface area contributed by atoms with Crippen LogP contribution in [0.3, 0.4) is 0 Å². The summed E-state index contributed by atoms with van der Waals surface area (Å²) in [5.74, 6) is -0.369. The molecule has 0 atom stereocenters. The quantitative estimate of drug-likeness (QED) is 0.873. The summed E-state index contributed by atoms with van der Waals surface area (Å²) in [4.78, 5) is 0. The molecule has 0 spiro atoms. The molecule has 0 aliphatic heterocycles. The Morgan fingerprint density at radius 2 is 2.05 bits per heavy atom. The van der Waals surface area contributed by atoms with Crippen LogP contribution in [0.5, 0.6) is 5.75 Å². The fourth-order valence-electron chi connectivity index (χ4n) is 1.67. The summed E-state index contributed by atoms with van der Waals surface area (Å²) in [6.45, 7) is 0. The molecule has 1 aromatic heterocycles. The van der Waals surface area contributed by atoms with Crippen molar-refractivity contribution in [1.29, 1.82) is 0 Å². The van der Waals surface area contributed by atoms with E-state index in [0.29, 0.717) is 0 Å². The minimum atomic E-state index is -4.03. The van der Waals surface area contributed by atoms with Crippen LogP contribution in [-0.2, 0) is 17.1 Å². The fraction of sp³-hybridized carbons (Fsp3) is 0.200. The first-order valence-electron chi connectivity index (χ1n) is 5.11. The lowest BCUT2D eigenvalue weighted by Crippen LogP contribution is -2.17. The van der Waals surface area contributed by atoms with E-state index in [-0.39, 0.29) is 17.1 Å². The zero-order valence-corrected chi connectivity index (χ0v) is 11.0. The third kappa shape index (κ3) is 2.29. The van der Waals surface area contributed by atoms with Gasteiger partial charge in [-0.3, -0.25) is 4.57 Å². The Labute approximate surface area is 108 Å². The van der Waals surface area contributed by atoms with Crippen LogP contribution in [0, 0.1) is 5.82 Å².